The number of benzene rings is 2. The van der Waals surface area contributed by atoms with Gasteiger partial charge in [0.1, 0.15) is 17.3 Å². The van der Waals surface area contributed by atoms with Crippen molar-refractivity contribution in [2.24, 2.45) is 0 Å². The van der Waals surface area contributed by atoms with Crippen LogP contribution in [0.2, 0.25) is 5.02 Å². The van der Waals surface area contributed by atoms with E-state index < -0.39 is 0 Å². The van der Waals surface area contributed by atoms with Gasteiger partial charge in [-0.2, -0.15) is 0 Å². The van der Waals surface area contributed by atoms with Crippen molar-refractivity contribution in [2.75, 3.05) is 12.1 Å². The molecule has 2 N–H and O–H groups in total. The van der Waals surface area contributed by atoms with E-state index >= 15 is 0 Å². The fourth-order valence-electron chi connectivity index (χ4n) is 2.79. The highest BCUT2D eigenvalue weighted by Crippen LogP contribution is 2.32. The number of anilines is 2. The molecule has 4 rings (SSSR count). The third-order valence-electron chi connectivity index (χ3n) is 4.06. The molecule has 1 amide bonds. The summed E-state index contributed by atoms with van der Waals surface area (Å²) in [6.45, 7) is 2.29. The molecule has 0 aliphatic carbocycles. The zero-order valence-corrected chi connectivity index (χ0v) is 15.8. The Morgan fingerprint density at radius 3 is 2.82 bits per heavy atom. The molecular weight excluding hydrogens is 380 g/mol. The lowest BCUT2D eigenvalue weighted by Gasteiger charge is -2.10. The fourth-order valence-corrected chi connectivity index (χ4v) is 2.98. The molecule has 2 aromatic carbocycles. The normalized spacial score (nSPS) is 11.9. The number of nitrogens with zero attached hydrogens (tertiary/aromatic N) is 2. The van der Waals surface area contributed by atoms with Gasteiger partial charge >= 0.3 is 0 Å². The van der Waals surface area contributed by atoms with E-state index in [1.807, 2.05) is 30.3 Å². The van der Waals surface area contributed by atoms with E-state index in [0.29, 0.717) is 34.7 Å². The lowest BCUT2D eigenvalue weighted by molar-refractivity contribution is 0.0945. The monoisotopic (exact) mass is 396 g/mol. The van der Waals surface area contributed by atoms with Crippen LogP contribution < -0.4 is 20.1 Å². The average molecular weight is 397 g/mol. The van der Waals surface area contributed by atoms with Crippen LogP contribution in [0, 0.1) is 6.92 Å². The first-order chi connectivity index (χ1) is 13.6. The van der Waals surface area contributed by atoms with Crippen LogP contribution in [0.5, 0.6) is 11.5 Å². The Morgan fingerprint density at radius 1 is 1.11 bits per heavy atom. The van der Waals surface area contributed by atoms with Gasteiger partial charge < -0.3 is 20.1 Å². The number of aromatic nitrogens is 2. The standard InChI is InChI=1S/C20H17ClN4O3/c1-12-23-16(9-19(24-12)25-15-4-2-3-14(21)8-15)20(26)22-10-13-5-6-17-18(7-13)28-11-27-17/h2-9H,10-11H2,1H3,(H,22,26)(H,23,24,25). The van der Waals surface area contributed by atoms with Gasteiger partial charge in [-0.15, -0.1) is 0 Å². The second kappa shape index (κ2) is 7.74. The lowest BCUT2D eigenvalue weighted by atomic mass is 10.2. The largest absolute Gasteiger partial charge is 0.454 e. The van der Waals surface area contributed by atoms with Gasteiger partial charge in [0.05, 0.1) is 0 Å². The SMILES string of the molecule is Cc1nc(Nc2cccc(Cl)c2)cc(C(=O)NCc2ccc3c(c2)OCO3)n1. The Kier molecular flexibility index (Phi) is 4.99. The fraction of sp³-hybridized carbons (Fsp3) is 0.150. The molecule has 0 saturated carbocycles. The average Bonchev–Trinajstić information content (AvgIpc) is 3.13. The lowest BCUT2D eigenvalue weighted by Crippen LogP contribution is -2.24. The van der Waals surface area contributed by atoms with Gasteiger partial charge in [0.15, 0.2) is 11.5 Å². The van der Waals surface area contributed by atoms with Crippen molar-refractivity contribution in [1.82, 2.24) is 15.3 Å². The van der Waals surface area contributed by atoms with Crippen LogP contribution in [0.3, 0.4) is 0 Å². The van der Waals surface area contributed by atoms with Crippen molar-refractivity contribution in [2.45, 2.75) is 13.5 Å². The third kappa shape index (κ3) is 4.15. The molecule has 142 valence electrons. The molecule has 0 saturated heterocycles. The molecular formula is C20H17ClN4O3. The Morgan fingerprint density at radius 2 is 1.96 bits per heavy atom. The molecule has 1 aromatic heterocycles. The zero-order valence-electron chi connectivity index (χ0n) is 15.0. The molecule has 0 bridgehead atoms. The number of rotatable bonds is 5. The number of ether oxygens (including phenoxy) is 2. The molecule has 7 nitrogen and oxygen atoms in total. The van der Waals surface area contributed by atoms with E-state index in [1.165, 1.54) is 0 Å². The number of nitrogens with one attached hydrogen (secondary N) is 2. The second-order valence-electron chi connectivity index (χ2n) is 6.19. The Hall–Kier alpha value is -3.32. The summed E-state index contributed by atoms with van der Waals surface area (Å²) >= 11 is 6.01. The summed E-state index contributed by atoms with van der Waals surface area (Å²) in [7, 11) is 0. The number of amides is 1. The highest BCUT2D eigenvalue weighted by atomic mass is 35.5. The molecule has 1 aliphatic rings. The van der Waals surface area contributed by atoms with Gasteiger partial charge in [-0.25, -0.2) is 9.97 Å². The van der Waals surface area contributed by atoms with Crippen molar-refractivity contribution in [3.63, 3.8) is 0 Å². The van der Waals surface area contributed by atoms with Crippen LogP contribution in [0.4, 0.5) is 11.5 Å². The minimum atomic E-state index is -0.294. The summed E-state index contributed by atoms with van der Waals surface area (Å²) in [5.41, 5.74) is 1.95. The van der Waals surface area contributed by atoms with E-state index in [0.717, 1.165) is 11.3 Å². The molecule has 28 heavy (non-hydrogen) atoms. The number of fused-ring (bicyclic) bond motifs is 1. The van der Waals surface area contributed by atoms with Crippen LogP contribution in [-0.4, -0.2) is 22.7 Å². The minimum Gasteiger partial charge on any atom is -0.454 e. The van der Waals surface area contributed by atoms with Gasteiger partial charge in [0.2, 0.25) is 6.79 Å². The number of carbonyl (C=O) groups is 1. The summed E-state index contributed by atoms with van der Waals surface area (Å²) in [5, 5.41) is 6.61. The molecule has 3 aromatic rings. The van der Waals surface area contributed by atoms with Crippen LogP contribution >= 0.6 is 11.6 Å². The van der Waals surface area contributed by atoms with Crippen molar-refractivity contribution < 1.29 is 14.3 Å². The maximum atomic E-state index is 12.6. The maximum absolute atomic E-state index is 12.6. The maximum Gasteiger partial charge on any atom is 0.270 e. The summed E-state index contributed by atoms with van der Waals surface area (Å²) in [6, 6.07) is 14.4. The van der Waals surface area contributed by atoms with E-state index in [1.54, 1.807) is 25.1 Å². The third-order valence-corrected chi connectivity index (χ3v) is 4.29. The molecule has 2 heterocycles. The zero-order chi connectivity index (χ0) is 19.5. The van der Waals surface area contributed by atoms with Gasteiger partial charge in [-0.1, -0.05) is 23.7 Å². The smallest absolute Gasteiger partial charge is 0.270 e. The molecule has 1 aliphatic heterocycles. The summed E-state index contributed by atoms with van der Waals surface area (Å²) < 4.78 is 10.6. The second-order valence-corrected chi connectivity index (χ2v) is 6.63. The molecule has 0 fully saturated rings. The topological polar surface area (TPSA) is 85.4 Å². The van der Waals surface area contributed by atoms with Gasteiger partial charge in [-0.3, -0.25) is 4.79 Å². The van der Waals surface area contributed by atoms with Crippen molar-refractivity contribution >= 4 is 29.0 Å². The van der Waals surface area contributed by atoms with E-state index in [2.05, 4.69) is 20.6 Å². The minimum absolute atomic E-state index is 0.216. The Labute approximate surface area is 166 Å². The number of halogens is 1. The highest BCUT2D eigenvalue weighted by molar-refractivity contribution is 6.30. The summed E-state index contributed by atoms with van der Waals surface area (Å²) in [5.74, 6) is 2.09. The van der Waals surface area contributed by atoms with Crippen LogP contribution in [0.1, 0.15) is 21.9 Å². The van der Waals surface area contributed by atoms with Crippen molar-refractivity contribution in [3.05, 3.63) is 70.6 Å². The summed E-state index contributed by atoms with van der Waals surface area (Å²) in [4.78, 5) is 21.1. The predicted octanol–water partition coefficient (Wildman–Crippen LogP) is 3.84. The van der Waals surface area contributed by atoms with Crippen LogP contribution in [0.15, 0.2) is 48.5 Å². The quantitative estimate of drug-likeness (QED) is 0.681. The number of aryl methyl sites for hydroxylation is 1. The summed E-state index contributed by atoms with van der Waals surface area (Å²) in [6.07, 6.45) is 0. The predicted molar refractivity (Wildman–Crippen MR) is 105 cm³/mol. The molecule has 8 heteroatoms. The Balaban J connectivity index is 1.45. The molecule has 0 radical (unpaired) electrons. The van der Waals surface area contributed by atoms with Crippen LogP contribution in [0.25, 0.3) is 0 Å². The van der Waals surface area contributed by atoms with Gasteiger partial charge in [-0.05, 0) is 42.8 Å². The Bertz CT molecular complexity index is 1040. The number of carbonyl (C=O) groups excluding carboxylic acids is 1. The molecule has 0 spiro atoms. The van der Waals surface area contributed by atoms with Gasteiger partial charge in [0, 0.05) is 23.3 Å². The van der Waals surface area contributed by atoms with E-state index in [9.17, 15) is 4.79 Å². The van der Waals surface area contributed by atoms with E-state index in [-0.39, 0.29) is 18.4 Å². The van der Waals surface area contributed by atoms with Crippen molar-refractivity contribution in [3.8, 4) is 11.5 Å². The molecule has 0 atom stereocenters. The molecule has 0 unspecified atom stereocenters. The van der Waals surface area contributed by atoms with Crippen molar-refractivity contribution in [1.29, 1.82) is 0 Å². The number of hydrogen-bond acceptors (Lipinski definition) is 6. The number of hydrogen-bond donors (Lipinski definition) is 2. The highest BCUT2D eigenvalue weighted by Gasteiger charge is 2.15. The first-order valence-corrected chi connectivity index (χ1v) is 8.99. The van der Waals surface area contributed by atoms with E-state index in [4.69, 9.17) is 21.1 Å². The van der Waals surface area contributed by atoms with Crippen LogP contribution in [-0.2, 0) is 6.54 Å². The first kappa shape index (κ1) is 18.1. The van der Waals surface area contributed by atoms with Gasteiger partial charge in [0.25, 0.3) is 5.91 Å². The first-order valence-electron chi connectivity index (χ1n) is 8.62.